The molecular weight excluding hydrogens is 192 g/mol. The lowest BCUT2D eigenvalue weighted by molar-refractivity contribution is -0.142. The average Bonchev–Trinajstić information content (AvgIpc) is 2.57. The van der Waals surface area contributed by atoms with Crippen LogP contribution in [0.1, 0.15) is 28.4 Å². The molecule has 0 radical (unpaired) electrons. The van der Waals surface area contributed by atoms with E-state index in [0.29, 0.717) is 5.56 Å². The predicted octanol–water partition coefficient (Wildman–Crippen LogP) is 2.04. The van der Waals surface area contributed by atoms with Crippen molar-refractivity contribution < 1.29 is 14.3 Å². The summed E-state index contributed by atoms with van der Waals surface area (Å²) in [6, 6.07) is 7.18. The lowest BCUT2D eigenvalue weighted by atomic mass is 10.1. The molecule has 0 bridgehead atoms. The van der Waals surface area contributed by atoms with E-state index in [0.717, 1.165) is 11.6 Å². The van der Waals surface area contributed by atoms with Crippen LogP contribution in [-0.4, -0.2) is 11.8 Å². The number of hydrogen-bond donors (Lipinski definition) is 0. The Morgan fingerprint density at radius 1 is 1.47 bits per heavy atom. The summed E-state index contributed by atoms with van der Waals surface area (Å²) in [5.74, 6) is -0.475. The van der Waals surface area contributed by atoms with Gasteiger partial charge in [-0.25, -0.2) is 4.79 Å². The second kappa shape index (κ2) is 3.69. The van der Waals surface area contributed by atoms with Gasteiger partial charge in [0.1, 0.15) is 6.10 Å². The monoisotopic (exact) mass is 202 g/mol. The zero-order valence-electron chi connectivity index (χ0n) is 8.10. The molecule has 3 nitrogen and oxygen atoms in total. The van der Waals surface area contributed by atoms with Crippen LogP contribution in [0.25, 0.3) is 0 Å². The van der Waals surface area contributed by atoms with Crippen molar-refractivity contribution in [3.8, 4) is 0 Å². The van der Waals surface area contributed by atoms with Crippen molar-refractivity contribution in [3.05, 3.63) is 48.0 Å². The van der Waals surface area contributed by atoms with E-state index in [1.807, 2.05) is 6.07 Å². The number of carbonyl (C=O) groups is 2. The van der Waals surface area contributed by atoms with Crippen molar-refractivity contribution in [2.45, 2.75) is 12.5 Å². The Kier molecular flexibility index (Phi) is 2.37. The molecule has 1 unspecified atom stereocenters. The zero-order valence-corrected chi connectivity index (χ0v) is 8.10. The van der Waals surface area contributed by atoms with E-state index < -0.39 is 12.1 Å². The highest BCUT2D eigenvalue weighted by Gasteiger charge is 2.30. The molecule has 0 N–H and O–H groups in total. The standard InChI is InChI=1S/C12H10O3/c1-2-12(14)15-11-7-10(13)8-5-3-4-6-9(8)11/h2-6,11H,1,7H2. The van der Waals surface area contributed by atoms with E-state index >= 15 is 0 Å². The van der Waals surface area contributed by atoms with Gasteiger partial charge in [0, 0.05) is 17.2 Å². The minimum absolute atomic E-state index is 0.0208. The number of ketones is 1. The first-order valence-corrected chi connectivity index (χ1v) is 4.67. The molecular formula is C12H10O3. The van der Waals surface area contributed by atoms with Gasteiger partial charge in [0.15, 0.2) is 5.78 Å². The Morgan fingerprint density at radius 3 is 2.93 bits per heavy atom. The largest absolute Gasteiger partial charge is 0.454 e. The maximum atomic E-state index is 11.5. The maximum Gasteiger partial charge on any atom is 0.330 e. The van der Waals surface area contributed by atoms with Crippen LogP contribution < -0.4 is 0 Å². The number of fused-ring (bicyclic) bond motifs is 1. The van der Waals surface area contributed by atoms with Crippen molar-refractivity contribution in [1.29, 1.82) is 0 Å². The van der Waals surface area contributed by atoms with Gasteiger partial charge in [-0.3, -0.25) is 4.79 Å². The summed E-state index contributed by atoms with van der Waals surface area (Å²) < 4.78 is 5.08. The van der Waals surface area contributed by atoms with E-state index in [9.17, 15) is 9.59 Å². The molecule has 76 valence electrons. The molecule has 0 spiro atoms. The maximum absolute atomic E-state index is 11.5. The Bertz CT molecular complexity index is 434. The molecule has 3 heteroatoms. The SMILES string of the molecule is C=CC(=O)OC1CC(=O)c2ccccc21. The van der Waals surface area contributed by atoms with Crippen LogP contribution in [0.3, 0.4) is 0 Å². The summed E-state index contributed by atoms with van der Waals surface area (Å²) in [5, 5.41) is 0. The second-order valence-electron chi connectivity index (χ2n) is 3.34. The van der Waals surface area contributed by atoms with Crippen LogP contribution in [0.4, 0.5) is 0 Å². The number of Topliss-reactive ketones (excluding diaryl/α,β-unsaturated/α-hetero) is 1. The van der Waals surface area contributed by atoms with Crippen LogP contribution in [0.15, 0.2) is 36.9 Å². The molecule has 0 heterocycles. The summed E-state index contributed by atoms with van der Waals surface area (Å²) in [4.78, 5) is 22.6. The van der Waals surface area contributed by atoms with Gasteiger partial charge >= 0.3 is 5.97 Å². The Morgan fingerprint density at radius 2 is 2.20 bits per heavy atom. The van der Waals surface area contributed by atoms with Gasteiger partial charge in [-0.2, -0.15) is 0 Å². The van der Waals surface area contributed by atoms with Gasteiger partial charge in [-0.05, 0) is 0 Å². The average molecular weight is 202 g/mol. The normalized spacial score (nSPS) is 18.4. The van der Waals surface area contributed by atoms with Crippen LogP contribution >= 0.6 is 0 Å². The van der Waals surface area contributed by atoms with Crippen molar-refractivity contribution in [1.82, 2.24) is 0 Å². The number of rotatable bonds is 2. The summed E-state index contributed by atoms with van der Waals surface area (Å²) >= 11 is 0. The number of esters is 1. The Balaban J connectivity index is 2.28. The lowest BCUT2D eigenvalue weighted by Gasteiger charge is -2.10. The van der Waals surface area contributed by atoms with E-state index in [4.69, 9.17) is 4.74 Å². The lowest BCUT2D eigenvalue weighted by Crippen LogP contribution is -2.06. The minimum Gasteiger partial charge on any atom is -0.454 e. The predicted molar refractivity (Wildman–Crippen MR) is 54.4 cm³/mol. The minimum atomic E-state index is -0.496. The van der Waals surface area contributed by atoms with Gasteiger partial charge in [-0.1, -0.05) is 30.8 Å². The van der Waals surface area contributed by atoms with Gasteiger partial charge in [0.05, 0.1) is 6.42 Å². The molecule has 1 aromatic carbocycles. The first kappa shape index (κ1) is 9.65. The van der Waals surface area contributed by atoms with E-state index in [2.05, 4.69) is 6.58 Å². The Labute approximate surface area is 87.4 Å². The van der Waals surface area contributed by atoms with Crippen molar-refractivity contribution >= 4 is 11.8 Å². The molecule has 2 rings (SSSR count). The fraction of sp³-hybridized carbons (Fsp3) is 0.167. The molecule has 1 aromatic rings. The molecule has 1 aliphatic carbocycles. The Hall–Kier alpha value is -1.90. The van der Waals surface area contributed by atoms with Gasteiger partial charge < -0.3 is 4.74 Å². The highest BCUT2D eigenvalue weighted by molar-refractivity contribution is 6.01. The quantitative estimate of drug-likeness (QED) is 0.544. The number of benzene rings is 1. The second-order valence-corrected chi connectivity index (χ2v) is 3.34. The number of carbonyl (C=O) groups excluding carboxylic acids is 2. The van der Waals surface area contributed by atoms with Gasteiger partial charge in [0.2, 0.25) is 0 Å². The molecule has 0 amide bonds. The molecule has 0 saturated heterocycles. The van der Waals surface area contributed by atoms with Crippen LogP contribution in [0, 0.1) is 0 Å². The van der Waals surface area contributed by atoms with Crippen LogP contribution in [0.5, 0.6) is 0 Å². The molecule has 15 heavy (non-hydrogen) atoms. The fourth-order valence-corrected chi connectivity index (χ4v) is 1.71. The third-order valence-corrected chi connectivity index (χ3v) is 2.40. The molecule has 1 atom stereocenters. The smallest absolute Gasteiger partial charge is 0.330 e. The zero-order chi connectivity index (χ0) is 10.8. The van der Waals surface area contributed by atoms with Crippen molar-refractivity contribution in [3.63, 3.8) is 0 Å². The van der Waals surface area contributed by atoms with Crippen LogP contribution in [-0.2, 0) is 9.53 Å². The van der Waals surface area contributed by atoms with Crippen LogP contribution in [0.2, 0.25) is 0 Å². The molecule has 1 aliphatic rings. The first-order chi connectivity index (χ1) is 7.22. The van der Waals surface area contributed by atoms with E-state index in [1.165, 1.54) is 0 Å². The number of hydrogen-bond acceptors (Lipinski definition) is 3. The summed E-state index contributed by atoms with van der Waals surface area (Å²) in [6.07, 6.45) is 0.892. The van der Waals surface area contributed by atoms with Gasteiger partial charge in [-0.15, -0.1) is 0 Å². The molecule has 0 fully saturated rings. The highest BCUT2D eigenvalue weighted by atomic mass is 16.5. The topological polar surface area (TPSA) is 43.4 Å². The summed E-state index contributed by atoms with van der Waals surface area (Å²) in [6.45, 7) is 3.32. The van der Waals surface area contributed by atoms with E-state index in [-0.39, 0.29) is 12.2 Å². The third-order valence-electron chi connectivity index (χ3n) is 2.40. The van der Waals surface area contributed by atoms with Gasteiger partial charge in [0.25, 0.3) is 0 Å². The van der Waals surface area contributed by atoms with Crippen molar-refractivity contribution in [2.75, 3.05) is 0 Å². The fourth-order valence-electron chi connectivity index (χ4n) is 1.71. The third kappa shape index (κ3) is 1.68. The summed E-state index contributed by atoms with van der Waals surface area (Å²) in [7, 11) is 0. The van der Waals surface area contributed by atoms with E-state index in [1.54, 1.807) is 18.2 Å². The molecule has 0 aliphatic heterocycles. The number of ether oxygens (including phenoxy) is 1. The van der Waals surface area contributed by atoms with Crippen molar-refractivity contribution in [2.24, 2.45) is 0 Å². The first-order valence-electron chi connectivity index (χ1n) is 4.67. The summed E-state index contributed by atoms with van der Waals surface area (Å²) in [5.41, 5.74) is 1.44. The highest BCUT2D eigenvalue weighted by Crippen LogP contribution is 2.33. The molecule has 0 aromatic heterocycles. The molecule has 0 saturated carbocycles.